The summed E-state index contributed by atoms with van der Waals surface area (Å²) in [6, 6.07) is 7.84. The minimum atomic E-state index is -0.0475. The molecule has 1 aliphatic heterocycles. The lowest BCUT2D eigenvalue weighted by Crippen LogP contribution is -2.35. The van der Waals surface area contributed by atoms with Crippen LogP contribution in [-0.2, 0) is 6.54 Å². The highest BCUT2D eigenvalue weighted by Crippen LogP contribution is 2.21. The maximum Gasteiger partial charge on any atom is 0.251 e. The Morgan fingerprint density at radius 3 is 2.91 bits per heavy atom. The first-order valence-corrected chi connectivity index (χ1v) is 7.70. The molecule has 1 fully saturated rings. The van der Waals surface area contributed by atoms with Crippen LogP contribution in [0.5, 0.6) is 0 Å². The van der Waals surface area contributed by atoms with Crippen molar-refractivity contribution in [2.75, 3.05) is 18.0 Å². The normalized spacial score (nSPS) is 15.8. The second-order valence-corrected chi connectivity index (χ2v) is 5.74. The third kappa shape index (κ3) is 3.44. The molecule has 116 valence electrons. The fourth-order valence-corrected chi connectivity index (χ4v) is 2.78. The summed E-state index contributed by atoms with van der Waals surface area (Å²) in [5.74, 6) is -0.0475. The van der Waals surface area contributed by atoms with Gasteiger partial charge in [-0.05, 0) is 38.0 Å². The summed E-state index contributed by atoms with van der Waals surface area (Å²) in [7, 11) is 0. The number of hydrogen-bond acceptors (Lipinski definition) is 4. The fourth-order valence-electron chi connectivity index (χ4n) is 2.78. The Labute approximate surface area is 130 Å². The first-order chi connectivity index (χ1) is 10.7. The minimum Gasteiger partial charge on any atom is -0.372 e. The third-order valence-corrected chi connectivity index (χ3v) is 3.88. The van der Waals surface area contributed by atoms with E-state index in [-0.39, 0.29) is 11.9 Å². The smallest absolute Gasteiger partial charge is 0.251 e. The molecule has 1 N–H and O–H groups in total. The molecule has 3 rings (SSSR count). The Kier molecular flexibility index (Phi) is 4.37. The van der Waals surface area contributed by atoms with Crippen LogP contribution in [0.1, 0.15) is 30.1 Å². The molecule has 0 radical (unpaired) electrons. The summed E-state index contributed by atoms with van der Waals surface area (Å²) in [4.78, 5) is 18.6. The van der Waals surface area contributed by atoms with E-state index >= 15 is 0 Å². The average molecular weight is 299 g/mol. The van der Waals surface area contributed by atoms with Crippen molar-refractivity contribution < 1.29 is 4.79 Å². The second-order valence-electron chi connectivity index (χ2n) is 5.74. The summed E-state index contributed by atoms with van der Waals surface area (Å²) >= 11 is 0. The van der Waals surface area contributed by atoms with Gasteiger partial charge in [-0.3, -0.25) is 9.48 Å². The molecule has 6 nitrogen and oxygen atoms in total. The van der Waals surface area contributed by atoms with E-state index in [2.05, 4.69) is 26.4 Å². The quantitative estimate of drug-likeness (QED) is 0.912. The lowest BCUT2D eigenvalue weighted by Gasteiger charge is -2.19. The number of nitrogens with one attached hydrogen (secondary N) is 1. The summed E-state index contributed by atoms with van der Waals surface area (Å²) < 4.78 is 1.71. The SMILES string of the molecule is C[C@H](Cn1cncn1)NC(=O)c1cccc(N2CCCC2)c1. The number of carbonyl (C=O) groups excluding carboxylic acids is 1. The number of amides is 1. The first-order valence-electron chi connectivity index (χ1n) is 7.70. The van der Waals surface area contributed by atoms with Gasteiger partial charge in [0.1, 0.15) is 12.7 Å². The maximum atomic E-state index is 12.4. The molecule has 2 aromatic rings. The van der Waals surface area contributed by atoms with Gasteiger partial charge in [0.05, 0.1) is 6.54 Å². The third-order valence-electron chi connectivity index (χ3n) is 3.88. The van der Waals surface area contributed by atoms with Crippen LogP contribution in [-0.4, -0.2) is 39.8 Å². The number of nitrogens with zero attached hydrogens (tertiary/aromatic N) is 4. The van der Waals surface area contributed by atoms with Crippen molar-refractivity contribution >= 4 is 11.6 Å². The van der Waals surface area contributed by atoms with E-state index in [4.69, 9.17) is 0 Å². The summed E-state index contributed by atoms with van der Waals surface area (Å²) in [5.41, 5.74) is 1.84. The van der Waals surface area contributed by atoms with Crippen molar-refractivity contribution in [1.82, 2.24) is 20.1 Å². The molecule has 2 heterocycles. The van der Waals surface area contributed by atoms with E-state index in [1.165, 1.54) is 19.2 Å². The van der Waals surface area contributed by atoms with Gasteiger partial charge in [-0.15, -0.1) is 0 Å². The van der Waals surface area contributed by atoms with Crippen LogP contribution in [0.15, 0.2) is 36.9 Å². The Morgan fingerprint density at radius 1 is 1.36 bits per heavy atom. The zero-order valence-electron chi connectivity index (χ0n) is 12.8. The van der Waals surface area contributed by atoms with Crippen LogP contribution in [0.2, 0.25) is 0 Å². The van der Waals surface area contributed by atoms with E-state index in [1.54, 1.807) is 11.0 Å². The molecule has 0 bridgehead atoms. The molecule has 1 atom stereocenters. The predicted molar refractivity (Wildman–Crippen MR) is 84.8 cm³/mol. The standard InChI is InChI=1S/C16H21N5O/c1-13(10-21-12-17-11-18-21)19-16(22)14-5-4-6-15(9-14)20-7-2-3-8-20/h4-6,9,11-13H,2-3,7-8,10H2,1H3,(H,19,22)/t13-/m1/s1. The van der Waals surface area contributed by atoms with Gasteiger partial charge in [0, 0.05) is 30.4 Å². The molecule has 0 spiro atoms. The molecular formula is C16H21N5O. The first kappa shape index (κ1) is 14.6. The highest BCUT2D eigenvalue weighted by atomic mass is 16.1. The van der Waals surface area contributed by atoms with Gasteiger partial charge < -0.3 is 10.2 Å². The molecule has 1 saturated heterocycles. The van der Waals surface area contributed by atoms with Crippen LogP contribution in [0.25, 0.3) is 0 Å². The van der Waals surface area contributed by atoms with Gasteiger partial charge in [0.2, 0.25) is 0 Å². The van der Waals surface area contributed by atoms with E-state index < -0.39 is 0 Å². The maximum absolute atomic E-state index is 12.4. The van der Waals surface area contributed by atoms with E-state index in [1.807, 2.05) is 25.1 Å². The number of aromatic nitrogens is 3. The van der Waals surface area contributed by atoms with Gasteiger partial charge >= 0.3 is 0 Å². The lowest BCUT2D eigenvalue weighted by atomic mass is 10.1. The highest BCUT2D eigenvalue weighted by Gasteiger charge is 2.15. The molecule has 0 unspecified atom stereocenters. The Morgan fingerprint density at radius 2 is 2.18 bits per heavy atom. The molecule has 0 aliphatic carbocycles. The minimum absolute atomic E-state index is 0.00959. The molecular weight excluding hydrogens is 278 g/mol. The molecule has 1 amide bonds. The van der Waals surface area contributed by atoms with Gasteiger partial charge in [-0.25, -0.2) is 4.98 Å². The topological polar surface area (TPSA) is 63.1 Å². The molecule has 0 saturated carbocycles. The fraction of sp³-hybridized carbons (Fsp3) is 0.438. The Balaban J connectivity index is 1.63. The van der Waals surface area contributed by atoms with E-state index in [9.17, 15) is 4.79 Å². The second kappa shape index (κ2) is 6.60. The van der Waals surface area contributed by atoms with Gasteiger partial charge in [0.25, 0.3) is 5.91 Å². The highest BCUT2D eigenvalue weighted by molar-refractivity contribution is 5.95. The van der Waals surface area contributed by atoms with Crippen molar-refractivity contribution in [3.63, 3.8) is 0 Å². The Bertz CT molecular complexity index is 619. The largest absolute Gasteiger partial charge is 0.372 e. The zero-order valence-corrected chi connectivity index (χ0v) is 12.8. The van der Waals surface area contributed by atoms with Crippen LogP contribution < -0.4 is 10.2 Å². The molecule has 22 heavy (non-hydrogen) atoms. The molecule has 1 aliphatic rings. The van der Waals surface area contributed by atoms with Gasteiger partial charge in [0.15, 0.2) is 0 Å². The number of anilines is 1. The summed E-state index contributed by atoms with van der Waals surface area (Å²) in [6.07, 6.45) is 5.60. The van der Waals surface area contributed by atoms with Crippen molar-refractivity contribution in [1.29, 1.82) is 0 Å². The number of hydrogen-bond donors (Lipinski definition) is 1. The van der Waals surface area contributed by atoms with Gasteiger partial charge in [-0.1, -0.05) is 6.07 Å². The zero-order chi connectivity index (χ0) is 15.4. The summed E-state index contributed by atoms with van der Waals surface area (Å²) in [5, 5.41) is 7.06. The van der Waals surface area contributed by atoms with Gasteiger partial charge in [-0.2, -0.15) is 5.10 Å². The number of benzene rings is 1. The predicted octanol–water partition coefficient (Wildman–Crippen LogP) is 1.70. The van der Waals surface area contributed by atoms with Crippen molar-refractivity contribution in [3.8, 4) is 0 Å². The van der Waals surface area contributed by atoms with E-state index in [0.717, 1.165) is 18.8 Å². The number of rotatable bonds is 5. The number of carbonyl (C=O) groups is 1. The molecule has 1 aromatic heterocycles. The van der Waals surface area contributed by atoms with Crippen molar-refractivity contribution in [3.05, 3.63) is 42.5 Å². The van der Waals surface area contributed by atoms with Crippen molar-refractivity contribution in [2.24, 2.45) is 0 Å². The molecule has 1 aromatic carbocycles. The monoisotopic (exact) mass is 299 g/mol. The van der Waals surface area contributed by atoms with Crippen molar-refractivity contribution in [2.45, 2.75) is 32.4 Å². The molecule has 6 heteroatoms. The van der Waals surface area contributed by atoms with Crippen LogP contribution in [0, 0.1) is 0 Å². The Hall–Kier alpha value is -2.37. The van der Waals surface area contributed by atoms with Crippen LogP contribution in [0.3, 0.4) is 0 Å². The van der Waals surface area contributed by atoms with Crippen LogP contribution >= 0.6 is 0 Å². The van der Waals surface area contributed by atoms with E-state index in [0.29, 0.717) is 12.1 Å². The lowest BCUT2D eigenvalue weighted by molar-refractivity contribution is 0.0936. The van der Waals surface area contributed by atoms with Crippen LogP contribution in [0.4, 0.5) is 5.69 Å². The average Bonchev–Trinajstić information content (AvgIpc) is 3.20. The summed E-state index contributed by atoms with van der Waals surface area (Å²) in [6.45, 7) is 4.73.